The van der Waals surface area contributed by atoms with Gasteiger partial charge in [0.1, 0.15) is 29.3 Å². The third-order valence-corrected chi connectivity index (χ3v) is 4.32. The Kier molecular flexibility index (Phi) is 4.63. The zero-order valence-corrected chi connectivity index (χ0v) is 14.7. The molecule has 1 aliphatic rings. The van der Waals surface area contributed by atoms with Gasteiger partial charge in [0.15, 0.2) is 0 Å². The number of hydrogen-bond donors (Lipinski definition) is 1. The Morgan fingerprint density at radius 2 is 2.16 bits per heavy atom. The van der Waals surface area contributed by atoms with Crippen LogP contribution < -0.4 is 4.90 Å². The summed E-state index contributed by atoms with van der Waals surface area (Å²) in [4.78, 5) is 32.6. The highest BCUT2D eigenvalue weighted by Gasteiger charge is 2.38. The lowest BCUT2D eigenvalue weighted by Gasteiger charge is -2.29. The summed E-state index contributed by atoms with van der Waals surface area (Å²) in [7, 11) is 1.68. The molecule has 0 radical (unpaired) electrons. The van der Waals surface area contributed by atoms with Gasteiger partial charge >= 0.3 is 0 Å². The SMILES string of the molecule is Cc1cc(N2CC[C@@](O)(CN(C)C(=O)c3ccnc(C)n3)C2)ncn1. The predicted octanol–water partition coefficient (Wildman–Crippen LogP) is 0.597. The van der Waals surface area contributed by atoms with E-state index in [1.165, 1.54) is 11.2 Å². The molecule has 2 aromatic rings. The highest BCUT2D eigenvalue weighted by atomic mass is 16.3. The lowest BCUT2D eigenvalue weighted by atomic mass is 10.0. The first-order chi connectivity index (χ1) is 11.9. The largest absolute Gasteiger partial charge is 0.386 e. The van der Waals surface area contributed by atoms with Crippen molar-refractivity contribution >= 4 is 11.7 Å². The fourth-order valence-corrected chi connectivity index (χ4v) is 3.08. The number of aliphatic hydroxyl groups is 1. The first-order valence-corrected chi connectivity index (χ1v) is 8.17. The molecule has 0 spiro atoms. The molecule has 1 saturated heterocycles. The summed E-state index contributed by atoms with van der Waals surface area (Å²) in [5, 5.41) is 10.9. The van der Waals surface area contributed by atoms with Gasteiger partial charge < -0.3 is 14.9 Å². The van der Waals surface area contributed by atoms with Crippen LogP contribution >= 0.6 is 0 Å². The highest BCUT2D eigenvalue weighted by molar-refractivity contribution is 5.92. The molecule has 0 aromatic carbocycles. The number of anilines is 1. The molecule has 8 heteroatoms. The molecule has 1 atom stereocenters. The molecule has 1 amide bonds. The van der Waals surface area contributed by atoms with Crippen molar-refractivity contribution in [1.29, 1.82) is 0 Å². The second-order valence-electron chi connectivity index (χ2n) is 6.56. The fourth-order valence-electron chi connectivity index (χ4n) is 3.08. The predicted molar refractivity (Wildman–Crippen MR) is 92.3 cm³/mol. The Hall–Kier alpha value is -2.61. The maximum absolute atomic E-state index is 12.5. The van der Waals surface area contributed by atoms with Gasteiger partial charge in [0, 0.05) is 38.1 Å². The smallest absolute Gasteiger partial charge is 0.272 e. The summed E-state index contributed by atoms with van der Waals surface area (Å²) in [6.45, 7) is 4.98. The molecule has 1 N–H and O–H groups in total. The first-order valence-electron chi connectivity index (χ1n) is 8.17. The molecule has 2 aromatic heterocycles. The second-order valence-corrected chi connectivity index (χ2v) is 6.56. The Bertz CT molecular complexity index is 783. The van der Waals surface area contributed by atoms with Gasteiger partial charge in [-0.3, -0.25) is 4.79 Å². The van der Waals surface area contributed by atoms with Gasteiger partial charge in [-0.2, -0.15) is 0 Å². The van der Waals surface area contributed by atoms with E-state index in [1.807, 2.05) is 17.9 Å². The van der Waals surface area contributed by atoms with Gasteiger partial charge in [-0.1, -0.05) is 0 Å². The zero-order chi connectivity index (χ0) is 18.0. The van der Waals surface area contributed by atoms with Crippen LogP contribution in [0.4, 0.5) is 5.82 Å². The van der Waals surface area contributed by atoms with Crippen LogP contribution in [0, 0.1) is 13.8 Å². The Labute approximate surface area is 146 Å². The average Bonchev–Trinajstić information content (AvgIpc) is 2.96. The maximum Gasteiger partial charge on any atom is 0.272 e. The molecular weight excluding hydrogens is 320 g/mol. The minimum Gasteiger partial charge on any atom is -0.386 e. The molecule has 0 bridgehead atoms. The van der Waals surface area contributed by atoms with Crippen molar-refractivity contribution in [2.24, 2.45) is 0 Å². The van der Waals surface area contributed by atoms with Crippen molar-refractivity contribution < 1.29 is 9.90 Å². The minimum absolute atomic E-state index is 0.227. The van der Waals surface area contributed by atoms with Crippen LogP contribution in [-0.2, 0) is 0 Å². The summed E-state index contributed by atoms with van der Waals surface area (Å²) < 4.78 is 0. The van der Waals surface area contributed by atoms with Crippen molar-refractivity contribution in [3.05, 3.63) is 41.9 Å². The quantitative estimate of drug-likeness (QED) is 0.869. The number of aryl methyl sites for hydroxylation is 2. The third-order valence-electron chi connectivity index (χ3n) is 4.32. The van der Waals surface area contributed by atoms with Crippen molar-refractivity contribution in [3.8, 4) is 0 Å². The topological polar surface area (TPSA) is 95.3 Å². The third kappa shape index (κ3) is 3.90. The summed E-state index contributed by atoms with van der Waals surface area (Å²) >= 11 is 0. The molecule has 0 saturated carbocycles. The summed E-state index contributed by atoms with van der Waals surface area (Å²) in [6, 6.07) is 3.48. The molecule has 25 heavy (non-hydrogen) atoms. The monoisotopic (exact) mass is 342 g/mol. The fraction of sp³-hybridized carbons (Fsp3) is 0.471. The van der Waals surface area contributed by atoms with E-state index in [-0.39, 0.29) is 12.5 Å². The van der Waals surface area contributed by atoms with E-state index in [4.69, 9.17) is 0 Å². The van der Waals surface area contributed by atoms with E-state index < -0.39 is 5.60 Å². The Morgan fingerprint density at radius 1 is 1.36 bits per heavy atom. The van der Waals surface area contributed by atoms with Crippen LogP contribution in [0.25, 0.3) is 0 Å². The van der Waals surface area contributed by atoms with Gasteiger partial charge in [-0.05, 0) is 26.3 Å². The van der Waals surface area contributed by atoms with Crippen LogP contribution in [0.1, 0.15) is 28.4 Å². The molecule has 1 fully saturated rings. The van der Waals surface area contributed by atoms with Gasteiger partial charge in [0.05, 0.1) is 6.54 Å². The number of β-amino-alcohol motifs (C(OH)–C–C–N with tert-alkyl or cyclic N) is 1. The molecule has 1 aliphatic heterocycles. The molecule has 0 aliphatic carbocycles. The number of likely N-dealkylation sites (N-methyl/N-ethyl adjacent to an activating group) is 1. The van der Waals surface area contributed by atoms with Crippen LogP contribution in [0.2, 0.25) is 0 Å². The normalized spacial score (nSPS) is 19.9. The number of hydrogen-bond acceptors (Lipinski definition) is 7. The molecule has 3 heterocycles. The van der Waals surface area contributed by atoms with Crippen molar-refractivity contribution in [1.82, 2.24) is 24.8 Å². The standard InChI is InChI=1S/C17H22N6O2/c1-12-8-15(20-11-19-12)23-7-5-17(25,10-23)9-22(3)16(24)14-4-6-18-13(2)21-14/h4,6,8,11,25H,5,7,9-10H2,1-3H3/t17-/m1/s1. The number of carbonyl (C=O) groups is 1. The van der Waals surface area contributed by atoms with Crippen molar-refractivity contribution in [2.45, 2.75) is 25.9 Å². The van der Waals surface area contributed by atoms with E-state index in [9.17, 15) is 9.90 Å². The zero-order valence-electron chi connectivity index (χ0n) is 14.7. The van der Waals surface area contributed by atoms with Gasteiger partial charge in [0.2, 0.25) is 0 Å². The summed E-state index contributed by atoms with van der Waals surface area (Å²) in [6.07, 6.45) is 3.65. The Morgan fingerprint density at radius 3 is 2.88 bits per heavy atom. The number of nitrogens with zero attached hydrogens (tertiary/aromatic N) is 6. The van der Waals surface area contributed by atoms with Crippen LogP contribution in [0.3, 0.4) is 0 Å². The Balaban J connectivity index is 1.67. The number of amides is 1. The average molecular weight is 342 g/mol. The molecular formula is C17H22N6O2. The van der Waals surface area contributed by atoms with Gasteiger partial charge in [0.25, 0.3) is 5.91 Å². The van der Waals surface area contributed by atoms with Crippen molar-refractivity contribution in [3.63, 3.8) is 0 Å². The van der Waals surface area contributed by atoms with Crippen molar-refractivity contribution in [2.75, 3.05) is 31.6 Å². The molecule has 3 rings (SSSR count). The van der Waals surface area contributed by atoms with Crippen LogP contribution in [0.5, 0.6) is 0 Å². The first kappa shape index (κ1) is 17.2. The molecule has 8 nitrogen and oxygen atoms in total. The summed E-state index contributed by atoms with van der Waals surface area (Å²) in [5.41, 5.74) is 0.234. The second kappa shape index (κ2) is 6.72. The van der Waals surface area contributed by atoms with Crippen LogP contribution in [0.15, 0.2) is 24.7 Å². The number of aromatic nitrogens is 4. The molecule has 132 valence electrons. The van der Waals surface area contributed by atoms with E-state index in [0.717, 1.165) is 11.5 Å². The highest BCUT2D eigenvalue weighted by Crippen LogP contribution is 2.26. The lowest BCUT2D eigenvalue weighted by molar-refractivity contribution is 0.0261. The van der Waals surface area contributed by atoms with E-state index in [0.29, 0.717) is 31.0 Å². The van der Waals surface area contributed by atoms with E-state index >= 15 is 0 Å². The van der Waals surface area contributed by atoms with Crippen LogP contribution in [-0.4, -0.2) is 68.1 Å². The van der Waals surface area contributed by atoms with Gasteiger partial charge in [-0.25, -0.2) is 19.9 Å². The van der Waals surface area contributed by atoms with E-state index in [1.54, 1.807) is 26.2 Å². The van der Waals surface area contributed by atoms with Gasteiger partial charge in [-0.15, -0.1) is 0 Å². The van der Waals surface area contributed by atoms with E-state index in [2.05, 4.69) is 19.9 Å². The summed E-state index contributed by atoms with van der Waals surface area (Å²) in [5.74, 6) is 1.11. The minimum atomic E-state index is -0.981. The number of carbonyl (C=O) groups excluding carboxylic acids is 1. The lowest BCUT2D eigenvalue weighted by Crippen LogP contribution is -2.46. The molecule has 0 unspecified atom stereocenters. The number of rotatable bonds is 4. The maximum atomic E-state index is 12.5.